The highest BCUT2D eigenvalue weighted by molar-refractivity contribution is 5.80. The molecule has 0 saturated carbocycles. The first kappa shape index (κ1) is 35.1. The van der Waals surface area contributed by atoms with Crippen LogP contribution >= 0.6 is 0 Å². The van der Waals surface area contributed by atoms with Gasteiger partial charge in [0.1, 0.15) is 18.0 Å². The number of ether oxygens (including phenoxy) is 2. The van der Waals surface area contributed by atoms with E-state index in [1.165, 1.54) is 0 Å². The summed E-state index contributed by atoms with van der Waals surface area (Å²) in [7, 11) is 1.57. The zero-order valence-electron chi connectivity index (χ0n) is 26.5. The van der Waals surface area contributed by atoms with Crippen LogP contribution in [0, 0.1) is 17.3 Å². The van der Waals surface area contributed by atoms with E-state index in [-0.39, 0.29) is 35.2 Å². The molecule has 2 unspecified atom stereocenters. The van der Waals surface area contributed by atoms with Crippen molar-refractivity contribution in [2.75, 3.05) is 7.11 Å². The molecule has 1 amide bonds. The van der Waals surface area contributed by atoms with Crippen molar-refractivity contribution < 1.29 is 29.6 Å². The van der Waals surface area contributed by atoms with Crippen molar-refractivity contribution in [3.8, 4) is 0 Å². The standard InChI is InChI=1S/C34H57NO6/c1-22(2)15-12-13-17-27(37)32(39)35-33(40-8)29-18-14-20-34(6,7)30(41-29)19-11-9-10-16-26-24(4)28(38)21-23(3)31(26)25(5)36/h21,24,26-27,29-30,33,36-38H,1,5,9-20H2,2-4,6-8H3,(H,35,39)/t24?,26?,27-,29+,30+,33-/m0/s1. The van der Waals surface area contributed by atoms with E-state index in [0.717, 1.165) is 87.3 Å². The molecule has 0 aromatic heterocycles. The molecule has 1 heterocycles. The number of carbonyl (C=O) groups excluding carboxylic acids is 1. The van der Waals surface area contributed by atoms with Crippen LogP contribution in [0.3, 0.4) is 0 Å². The van der Waals surface area contributed by atoms with Gasteiger partial charge in [0.25, 0.3) is 5.91 Å². The lowest BCUT2D eigenvalue weighted by atomic mass is 9.75. The number of methoxy groups -OCH3 is 1. The van der Waals surface area contributed by atoms with Crippen molar-refractivity contribution in [3.63, 3.8) is 0 Å². The largest absolute Gasteiger partial charge is 0.512 e. The van der Waals surface area contributed by atoms with Crippen LogP contribution in [0.25, 0.3) is 0 Å². The maximum atomic E-state index is 12.7. The number of unbranched alkanes of at least 4 members (excludes halogenated alkanes) is 3. The molecule has 7 heteroatoms. The van der Waals surface area contributed by atoms with E-state index in [1.807, 2.05) is 20.8 Å². The van der Waals surface area contributed by atoms with Crippen LogP contribution in [0.2, 0.25) is 0 Å². The third kappa shape index (κ3) is 10.6. The van der Waals surface area contributed by atoms with Gasteiger partial charge in [-0.1, -0.05) is 65.0 Å². The summed E-state index contributed by atoms with van der Waals surface area (Å²) in [6.45, 7) is 18.1. The number of carbonyl (C=O) groups is 1. The number of rotatable bonds is 16. The Hall–Kier alpha value is -2.09. The van der Waals surface area contributed by atoms with Crippen LogP contribution in [0.4, 0.5) is 0 Å². The zero-order valence-corrected chi connectivity index (χ0v) is 26.5. The van der Waals surface area contributed by atoms with Gasteiger partial charge in [0.05, 0.1) is 11.9 Å². The third-order valence-corrected chi connectivity index (χ3v) is 9.05. The smallest absolute Gasteiger partial charge is 0.250 e. The molecule has 1 aliphatic carbocycles. The Kier molecular flexibility index (Phi) is 14.1. The number of aliphatic hydroxyl groups is 3. The second-order valence-electron chi connectivity index (χ2n) is 13.1. The fourth-order valence-electron chi connectivity index (χ4n) is 6.39. The van der Waals surface area contributed by atoms with Crippen molar-refractivity contribution >= 4 is 5.91 Å². The first-order chi connectivity index (χ1) is 19.3. The topological polar surface area (TPSA) is 108 Å². The van der Waals surface area contributed by atoms with Crippen LogP contribution < -0.4 is 5.32 Å². The molecular formula is C34H57NO6. The molecule has 0 radical (unpaired) electrons. The minimum absolute atomic E-state index is 0.00400. The molecule has 0 aromatic rings. The van der Waals surface area contributed by atoms with E-state index in [1.54, 1.807) is 13.2 Å². The highest BCUT2D eigenvalue weighted by Gasteiger charge is 2.38. The molecule has 41 heavy (non-hydrogen) atoms. The predicted octanol–water partition coefficient (Wildman–Crippen LogP) is 7.58. The van der Waals surface area contributed by atoms with E-state index >= 15 is 0 Å². The summed E-state index contributed by atoms with van der Waals surface area (Å²) in [5.74, 6) is 0.0615. The zero-order chi connectivity index (χ0) is 30.7. The van der Waals surface area contributed by atoms with Gasteiger partial charge >= 0.3 is 0 Å². The van der Waals surface area contributed by atoms with Crippen LogP contribution in [-0.4, -0.2) is 52.9 Å². The second kappa shape index (κ2) is 16.5. The number of hydrogen-bond acceptors (Lipinski definition) is 6. The van der Waals surface area contributed by atoms with Gasteiger partial charge in [-0.05, 0) is 81.8 Å². The van der Waals surface area contributed by atoms with E-state index in [0.29, 0.717) is 12.2 Å². The highest BCUT2D eigenvalue weighted by atomic mass is 16.6. The molecule has 234 valence electrons. The normalized spacial score (nSPS) is 26.1. The molecule has 0 bridgehead atoms. The lowest BCUT2D eigenvalue weighted by Gasteiger charge is -2.36. The van der Waals surface area contributed by atoms with Crippen molar-refractivity contribution in [1.29, 1.82) is 0 Å². The molecule has 1 fully saturated rings. The SMILES string of the molecule is C=C(C)CCCC[C@H](O)C(=O)N[C@@H](OC)[C@H]1CCCC(C)(C)[C@@H](CCCCCC2C(C(=C)O)=C(C)C=C(O)C2C)O1. The van der Waals surface area contributed by atoms with E-state index < -0.39 is 18.2 Å². The molecule has 2 rings (SSSR count). The molecular weight excluding hydrogens is 518 g/mol. The summed E-state index contributed by atoms with van der Waals surface area (Å²) in [6, 6.07) is 0. The first-order valence-electron chi connectivity index (χ1n) is 15.6. The first-order valence-corrected chi connectivity index (χ1v) is 15.6. The molecule has 0 aromatic carbocycles. The van der Waals surface area contributed by atoms with Crippen molar-refractivity contribution in [2.24, 2.45) is 17.3 Å². The van der Waals surface area contributed by atoms with Gasteiger partial charge in [-0.3, -0.25) is 4.79 Å². The van der Waals surface area contributed by atoms with Gasteiger partial charge < -0.3 is 30.1 Å². The van der Waals surface area contributed by atoms with Crippen LogP contribution in [0.15, 0.2) is 47.5 Å². The van der Waals surface area contributed by atoms with Crippen molar-refractivity contribution in [1.82, 2.24) is 5.32 Å². The Morgan fingerprint density at radius 2 is 1.88 bits per heavy atom. The number of hydrogen-bond donors (Lipinski definition) is 4. The maximum absolute atomic E-state index is 12.7. The lowest BCUT2D eigenvalue weighted by Crippen LogP contribution is -2.50. The molecule has 6 atom stereocenters. The van der Waals surface area contributed by atoms with Gasteiger partial charge in [-0.15, -0.1) is 6.58 Å². The van der Waals surface area contributed by atoms with Crippen LogP contribution in [0.1, 0.15) is 112 Å². The molecule has 2 aliphatic rings. The summed E-state index contributed by atoms with van der Waals surface area (Å²) >= 11 is 0. The van der Waals surface area contributed by atoms with Crippen molar-refractivity contribution in [2.45, 2.75) is 136 Å². The van der Waals surface area contributed by atoms with Crippen LogP contribution in [-0.2, 0) is 14.3 Å². The second-order valence-corrected chi connectivity index (χ2v) is 13.1. The Bertz CT molecular complexity index is 951. The molecule has 4 N–H and O–H groups in total. The quantitative estimate of drug-likeness (QED) is 0.0654. The fraction of sp³-hybridized carbons (Fsp3) is 0.735. The summed E-state index contributed by atoms with van der Waals surface area (Å²) in [6.07, 6.45) is 10.3. The van der Waals surface area contributed by atoms with Gasteiger partial charge in [0.15, 0.2) is 6.23 Å². The monoisotopic (exact) mass is 575 g/mol. The average molecular weight is 576 g/mol. The van der Waals surface area contributed by atoms with Gasteiger partial charge in [0.2, 0.25) is 0 Å². The predicted molar refractivity (Wildman–Crippen MR) is 165 cm³/mol. The van der Waals surface area contributed by atoms with E-state index in [9.17, 15) is 20.1 Å². The fourth-order valence-corrected chi connectivity index (χ4v) is 6.39. The van der Waals surface area contributed by atoms with Crippen molar-refractivity contribution in [3.05, 3.63) is 47.5 Å². The number of aliphatic hydroxyl groups excluding tert-OH is 3. The number of allylic oxidation sites excluding steroid dienone is 5. The Balaban J connectivity index is 1.91. The number of amides is 1. The summed E-state index contributed by atoms with van der Waals surface area (Å²) < 4.78 is 12.3. The van der Waals surface area contributed by atoms with Gasteiger partial charge in [-0.2, -0.15) is 0 Å². The highest BCUT2D eigenvalue weighted by Crippen LogP contribution is 2.40. The van der Waals surface area contributed by atoms with E-state index in [2.05, 4.69) is 32.3 Å². The Morgan fingerprint density at radius 1 is 1.20 bits per heavy atom. The minimum atomic E-state index is -1.07. The summed E-state index contributed by atoms with van der Waals surface area (Å²) in [5, 5.41) is 33.8. The average Bonchev–Trinajstić information content (AvgIpc) is 3.04. The van der Waals surface area contributed by atoms with E-state index in [4.69, 9.17) is 9.47 Å². The van der Waals surface area contributed by atoms with Gasteiger partial charge in [-0.25, -0.2) is 0 Å². The number of nitrogens with one attached hydrogen (secondary N) is 1. The van der Waals surface area contributed by atoms with Crippen LogP contribution in [0.5, 0.6) is 0 Å². The summed E-state index contributed by atoms with van der Waals surface area (Å²) in [5.41, 5.74) is 2.84. The molecule has 7 nitrogen and oxygen atoms in total. The molecule has 1 saturated heterocycles. The van der Waals surface area contributed by atoms with Gasteiger partial charge in [0, 0.05) is 18.6 Å². The Morgan fingerprint density at radius 3 is 2.51 bits per heavy atom. The lowest BCUT2D eigenvalue weighted by molar-refractivity contribution is -0.148. The minimum Gasteiger partial charge on any atom is -0.512 e. The summed E-state index contributed by atoms with van der Waals surface area (Å²) in [4.78, 5) is 12.7. The maximum Gasteiger partial charge on any atom is 0.250 e. The molecule has 0 spiro atoms. The Labute approximate surface area is 248 Å². The molecule has 1 aliphatic heterocycles. The third-order valence-electron chi connectivity index (χ3n) is 9.05.